The number of amides is 1. The Morgan fingerprint density at radius 2 is 2.21 bits per heavy atom. The minimum atomic E-state index is 0.00554. The molecule has 0 bridgehead atoms. The summed E-state index contributed by atoms with van der Waals surface area (Å²) in [6.07, 6.45) is 2.27. The van der Waals surface area contributed by atoms with Crippen LogP contribution in [0, 0.1) is 0 Å². The summed E-state index contributed by atoms with van der Waals surface area (Å²) in [5, 5.41) is 4.17. The van der Waals surface area contributed by atoms with Crippen molar-refractivity contribution in [3.8, 4) is 0 Å². The maximum absolute atomic E-state index is 12.2. The van der Waals surface area contributed by atoms with E-state index in [0.29, 0.717) is 6.54 Å². The van der Waals surface area contributed by atoms with Crippen LogP contribution in [-0.2, 0) is 4.79 Å². The van der Waals surface area contributed by atoms with Gasteiger partial charge in [-0.2, -0.15) is 11.3 Å². The van der Waals surface area contributed by atoms with Gasteiger partial charge in [0, 0.05) is 19.1 Å². The standard InChI is InChI=1S/C14H23N3OS/c1-11(15)14(12-5-8-19-10-12)16(2)9-13(18)17-6-3-4-7-17/h5,8,10-11,14H,3-4,6-7,9,15H2,1-2H3. The predicted molar refractivity (Wildman–Crippen MR) is 79.2 cm³/mol. The van der Waals surface area contributed by atoms with Crippen LogP contribution in [0.5, 0.6) is 0 Å². The summed E-state index contributed by atoms with van der Waals surface area (Å²) in [6, 6.07) is 2.21. The number of hydrogen-bond acceptors (Lipinski definition) is 4. The highest BCUT2D eigenvalue weighted by Gasteiger charge is 2.26. The minimum Gasteiger partial charge on any atom is -0.342 e. The Morgan fingerprint density at radius 3 is 2.74 bits per heavy atom. The average molecular weight is 281 g/mol. The highest BCUT2D eigenvalue weighted by molar-refractivity contribution is 7.07. The topological polar surface area (TPSA) is 49.6 Å². The van der Waals surface area contributed by atoms with E-state index in [-0.39, 0.29) is 18.0 Å². The number of hydrogen-bond donors (Lipinski definition) is 1. The Bertz CT molecular complexity index is 399. The van der Waals surface area contributed by atoms with Gasteiger partial charge in [-0.25, -0.2) is 0 Å². The molecule has 0 aromatic carbocycles. The zero-order valence-corrected chi connectivity index (χ0v) is 12.5. The van der Waals surface area contributed by atoms with Crippen molar-refractivity contribution in [3.63, 3.8) is 0 Å². The van der Waals surface area contributed by atoms with Crippen LogP contribution in [0.15, 0.2) is 16.8 Å². The van der Waals surface area contributed by atoms with Crippen LogP contribution >= 0.6 is 11.3 Å². The molecule has 2 N–H and O–H groups in total. The van der Waals surface area contributed by atoms with E-state index in [2.05, 4.69) is 21.7 Å². The molecular formula is C14H23N3OS. The second-order valence-electron chi connectivity index (χ2n) is 5.36. The van der Waals surface area contributed by atoms with E-state index in [1.54, 1.807) is 11.3 Å². The lowest BCUT2D eigenvalue weighted by Gasteiger charge is -2.31. The molecule has 0 aliphatic carbocycles. The molecule has 1 aromatic rings. The van der Waals surface area contributed by atoms with Crippen LogP contribution < -0.4 is 5.73 Å². The monoisotopic (exact) mass is 281 g/mol. The number of thiophene rings is 1. The van der Waals surface area contributed by atoms with E-state index in [1.807, 2.05) is 18.9 Å². The third kappa shape index (κ3) is 3.55. The van der Waals surface area contributed by atoms with Crippen molar-refractivity contribution >= 4 is 17.2 Å². The van der Waals surface area contributed by atoms with Crippen molar-refractivity contribution in [2.45, 2.75) is 31.8 Å². The molecule has 19 heavy (non-hydrogen) atoms. The van der Waals surface area contributed by atoms with Crippen molar-refractivity contribution < 1.29 is 4.79 Å². The van der Waals surface area contributed by atoms with E-state index in [1.165, 1.54) is 5.56 Å². The van der Waals surface area contributed by atoms with Crippen molar-refractivity contribution in [2.75, 3.05) is 26.7 Å². The van der Waals surface area contributed by atoms with E-state index < -0.39 is 0 Å². The molecule has 2 heterocycles. The van der Waals surface area contributed by atoms with Gasteiger partial charge < -0.3 is 10.6 Å². The summed E-state index contributed by atoms with van der Waals surface area (Å²) in [7, 11) is 1.99. The number of rotatable bonds is 5. The van der Waals surface area contributed by atoms with Crippen LogP contribution in [0.2, 0.25) is 0 Å². The Labute approximate surface area is 119 Å². The Morgan fingerprint density at radius 1 is 1.53 bits per heavy atom. The Kier molecular flexibility index (Phi) is 4.96. The molecule has 0 spiro atoms. The van der Waals surface area contributed by atoms with Gasteiger partial charge in [0.1, 0.15) is 0 Å². The lowest BCUT2D eigenvalue weighted by atomic mass is 10.0. The summed E-state index contributed by atoms with van der Waals surface area (Å²) >= 11 is 1.67. The van der Waals surface area contributed by atoms with Crippen molar-refractivity contribution in [1.29, 1.82) is 0 Å². The second-order valence-corrected chi connectivity index (χ2v) is 6.14. The molecule has 2 unspecified atom stereocenters. The van der Waals surface area contributed by atoms with Crippen molar-refractivity contribution in [1.82, 2.24) is 9.80 Å². The molecule has 4 nitrogen and oxygen atoms in total. The fourth-order valence-electron chi connectivity index (χ4n) is 2.78. The van der Waals surface area contributed by atoms with Crippen LogP contribution in [-0.4, -0.2) is 48.4 Å². The molecule has 106 valence electrons. The Balaban J connectivity index is 1.99. The third-order valence-corrected chi connectivity index (χ3v) is 4.40. The van der Waals surface area contributed by atoms with Gasteiger partial charge in [0.05, 0.1) is 12.6 Å². The number of nitrogens with zero attached hydrogens (tertiary/aromatic N) is 2. The van der Waals surface area contributed by atoms with E-state index in [4.69, 9.17) is 5.73 Å². The molecule has 2 atom stereocenters. The molecule has 0 saturated carbocycles. The molecule has 5 heteroatoms. The van der Waals surface area contributed by atoms with Gasteiger partial charge in [-0.3, -0.25) is 9.69 Å². The van der Waals surface area contributed by atoms with Crippen LogP contribution in [0.25, 0.3) is 0 Å². The SMILES string of the molecule is CC(N)C(c1ccsc1)N(C)CC(=O)N1CCCC1. The van der Waals surface area contributed by atoms with Crippen LogP contribution in [0.4, 0.5) is 0 Å². The highest BCUT2D eigenvalue weighted by atomic mass is 32.1. The molecule has 1 amide bonds. The van der Waals surface area contributed by atoms with E-state index >= 15 is 0 Å². The first-order valence-corrected chi connectivity index (χ1v) is 7.79. The van der Waals surface area contributed by atoms with Crippen molar-refractivity contribution in [3.05, 3.63) is 22.4 Å². The first kappa shape index (κ1) is 14.5. The van der Waals surface area contributed by atoms with Gasteiger partial charge in [-0.1, -0.05) is 0 Å². The smallest absolute Gasteiger partial charge is 0.236 e. The molecule has 2 rings (SSSR count). The van der Waals surface area contributed by atoms with E-state index in [9.17, 15) is 4.79 Å². The van der Waals surface area contributed by atoms with Gasteiger partial charge in [-0.15, -0.1) is 0 Å². The fraction of sp³-hybridized carbons (Fsp3) is 0.643. The number of carbonyl (C=O) groups excluding carboxylic acids is 1. The van der Waals surface area contributed by atoms with Gasteiger partial charge in [0.25, 0.3) is 0 Å². The number of likely N-dealkylation sites (tertiary alicyclic amines) is 1. The second kappa shape index (κ2) is 6.50. The Hall–Kier alpha value is -0.910. The van der Waals surface area contributed by atoms with Gasteiger partial charge in [0.15, 0.2) is 0 Å². The molecule has 1 aliphatic heterocycles. The molecular weight excluding hydrogens is 258 g/mol. The molecule has 0 radical (unpaired) electrons. The number of likely N-dealkylation sites (N-methyl/N-ethyl adjacent to an activating group) is 1. The maximum atomic E-state index is 12.2. The van der Waals surface area contributed by atoms with Crippen LogP contribution in [0.1, 0.15) is 31.4 Å². The first-order valence-electron chi connectivity index (χ1n) is 6.85. The van der Waals surface area contributed by atoms with Crippen molar-refractivity contribution in [2.24, 2.45) is 5.73 Å². The molecule has 1 aliphatic rings. The van der Waals surface area contributed by atoms with Gasteiger partial charge in [-0.05, 0) is 49.2 Å². The third-order valence-electron chi connectivity index (χ3n) is 3.70. The van der Waals surface area contributed by atoms with Gasteiger partial charge >= 0.3 is 0 Å². The summed E-state index contributed by atoms with van der Waals surface area (Å²) in [6.45, 7) is 4.27. The summed E-state index contributed by atoms with van der Waals surface area (Å²) < 4.78 is 0. The molecule has 1 aromatic heterocycles. The summed E-state index contributed by atoms with van der Waals surface area (Å²) in [5.74, 6) is 0.223. The van der Waals surface area contributed by atoms with E-state index in [0.717, 1.165) is 25.9 Å². The molecule has 1 saturated heterocycles. The quantitative estimate of drug-likeness (QED) is 0.893. The predicted octanol–water partition coefficient (Wildman–Crippen LogP) is 1.69. The fourth-order valence-corrected chi connectivity index (χ4v) is 3.47. The van der Waals surface area contributed by atoms with Gasteiger partial charge in [0.2, 0.25) is 5.91 Å². The highest BCUT2D eigenvalue weighted by Crippen LogP contribution is 2.24. The zero-order valence-electron chi connectivity index (χ0n) is 11.7. The maximum Gasteiger partial charge on any atom is 0.236 e. The zero-order chi connectivity index (χ0) is 13.8. The minimum absolute atomic E-state index is 0.00554. The molecule has 1 fully saturated rings. The summed E-state index contributed by atoms with van der Waals surface area (Å²) in [4.78, 5) is 16.2. The van der Waals surface area contributed by atoms with Crippen LogP contribution in [0.3, 0.4) is 0 Å². The summed E-state index contributed by atoms with van der Waals surface area (Å²) in [5.41, 5.74) is 7.30. The largest absolute Gasteiger partial charge is 0.342 e. The lowest BCUT2D eigenvalue weighted by molar-refractivity contribution is -0.131. The number of nitrogens with two attached hydrogens (primary N) is 1. The lowest BCUT2D eigenvalue weighted by Crippen LogP contribution is -2.43. The first-order chi connectivity index (χ1) is 9.09. The normalized spacial score (nSPS) is 18.8. The average Bonchev–Trinajstić information content (AvgIpc) is 3.01. The number of carbonyl (C=O) groups is 1.